The molecule has 276 valence electrons. The lowest BCUT2D eigenvalue weighted by molar-refractivity contribution is -0.163. The molecule has 1 aromatic carbocycles. The number of piperazine rings is 2. The van der Waals surface area contributed by atoms with Gasteiger partial charge in [-0.3, -0.25) is 9.59 Å². The van der Waals surface area contributed by atoms with Crippen molar-refractivity contribution in [1.82, 2.24) is 19.6 Å². The third kappa shape index (κ3) is 9.11. The van der Waals surface area contributed by atoms with Gasteiger partial charge in [0, 0.05) is 64.3 Å². The van der Waals surface area contributed by atoms with Crippen molar-refractivity contribution in [1.29, 1.82) is 0 Å². The second kappa shape index (κ2) is 14.9. The minimum Gasteiger partial charge on any atom is -0.493 e. The Bertz CT molecular complexity index is 1450. The standard InChI is InChI=1S/C36H53N5O9/c1-34(2,3)48-32(44)40-18-14-38(15-19-40)30(42)24-36(31(43)39-16-20-41(21-17-39)33(45)49-35(4,5)6)23-27(37-50-36)25-12-13-28(46-7)29(22-25)47-26-10-8-9-11-26/h12-13,22,26H,8-11,14-21,23-24H2,1-7H3. The van der Waals surface area contributed by atoms with Gasteiger partial charge in [-0.15, -0.1) is 0 Å². The molecule has 3 heterocycles. The summed E-state index contributed by atoms with van der Waals surface area (Å²) in [7, 11) is 1.60. The lowest BCUT2D eigenvalue weighted by Crippen LogP contribution is -2.59. The van der Waals surface area contributed by atoms with Crippen LogP contribution in [0, 0.1) is 0 Å². The summed E-state index contributed by atoms with van der Waals surface area (Å²) < 4.78 is 22.9. The molecule has 0 radical (unpaired) electrons. The Morgan fingerprint density at radius 1 is 0.780 bits per heavy atom. The molecule has 0 N–H and O–H groups in total. The van der Waals surface area contributed by atoms with Gasteiger partial charge >= 0.3 is 12.2 Å². The number of oxime groups is 1. The predicted octanol–water partition coefficient (Wildman–Crippen LogP) is 4.43. The lowest BCUT2D eigenvalue weighted by atomic mass is 9.88. The first kappa shape index (κ1) is 37.0. The zero-order valence-electron chi connectivity index (χ0n) is 30.6. The van der Waals surface area contributed by atoms with Crippen LogP contribution < -0.4 is 9.47 Å². The van der Waals surface area contributed by atoms with E-state index < -0.39 is 29.0 Å². The molecule has 0 bridgehead atoms. The maximum atomic E-state index is 14.4. The van der Waals surface area contributed by atoms with Crippen molar-refractivity contribution in [2.45, 2.75) is 103 Å². The highest BCUT2D eigenvalue weighted by molar-refractivity contribution is 6.07. The Morgan fingerprint density at radius 2 is 1.30 bits per heavy atom. The van der Waals surface area contributed by atoms with Crippen LogP contribution in [-0.4, -0.2) is 132 Å². The summed E-state index contributed by atoms with van der Waals surface area (Å²) in [6.45, 7) is 13.2. The van der Waals surface area contributed by atoms with Crippen LogP contribution in [-0.2, 0) is 23.9 Å². The average Bonchev–Trinajstić information content (AvgIpc) is 3.74. The van der Waals surface area contributed by atoms with Crippen LogP contribution in [0.1, 0.15) is 85.6 Å². The number of ether oxygens (including phenoxy) is 4. The Kier molecular flexibility index (Phi) is 11.1. The highest BCUT2D eigenvalue weighted by Crippen LogP contribution is 2.37. The van der Waals surface area contributed by atoms with Crippen molar-refractivity contribution in [2.75, 3.05) is 59.5 Å². The number of carbonyl (C=O) groups excluding carboxylic acids is 4. The smallest absolute Gasteiger partial charge is 0.410 e. The molecule has 0 aromatic heterocycles. The summed E-state index contributed by atoms with van der Waals surface area (Å²) >= 11 is 0. The van der Waals surface area contributed by atoms with E-state index in [4.69, 9.17) is 23.8 Å². The quantitative estimate of drug-likeness (QED) is 0.405. The van der Waals surface area contributed by atoms with E-state index in [2.05, 4.69) is 5.16 Å². The summed E-state index contributed by atoms with van der Waals surface area (Å²) in [5.74, 6) is 0.564. The van der Waals surface area contributed by atoms with Crippen LogP contribution in [0.15, 0.2) is 23.4 Å². The summed E-state index contributed by atoms with van der Waals surface area (Å²) in [4.78, 5) is 66.1. The van der Waals surface area contributed by atoms with Gasteiger partial charge in [0.25, 0.3) is 5.91 Å². The molecule has 2 saturated heterocycles. The van der Waals surface area contributed by atoms with Crippen molar-refractivity contribution < 1.29 is 43.0 Å². The van der Waals surface area contributed by atoms with E-state index in [9.17, 15) is 19.2 Å². The molecule has 4 amide bonds. The zero-order chi connectivity index (χ0) is 36.3. The van der Waals surface area contributed by atoms with Crippen molar-refractivity contribution in [3.63, 3.8) is 0 Å². The molecule has 1 aliphatic carbocycles. The third-order valence-corrected chi connectivity index (χ3v) is 9.21. The first-order valence-electron chi connectivity index (χ1n) is 17.7. The molecule has 1 aromatic rings. The van der Waals surface area contributed by atoms with Gasteiger partial charge in [-0.25, -0.2) is 9.59 Å². The molecular formula is C36H53N5O9. The SMILES string of the molecule is COc1ccc(C2=NOC(CC(=O)N3CCN(C(=O)OC(C)(C)C)CC3)(C(=O)N3CCN(C(=O)OC(C)(C)C)CC3)C2)cc1OC1CCCC1. The van der Waals surface area contributed by atoms with E-state index in [1.54, 1.807) is 26.7 Å². The molecule has 1 atom stereocenters. The number of hydrogen-bond acceptors (Lipinski definition) is 10. The Morgan fingerprint density at radius 3 is 1.82 bits per heavy atom. The minimum atomic E-state index is -1.59. The number of benzene rings is 1. The number of hydrogen-bond donors (Lipinski definition) is 0. The van der Waals surface area contributed by atoms with Crippen LogP contribution in [0.25, 0.3) is 0 Å². The van der Waals surface area contributed by atoms with Gasteiger partial charge in [0.1, 0.15) is 11.2 Å². The summed E-state index contributed by atoms with van der Waals surface area (Å²) in [6.07, 6.45) is 3.27. The largest absolute Gasteiger partial charge is 0.493 e. The van der Waals surface area contributed by atoms with E-state index in [-0.39, 0.29) is 56.9 Å². The van der Waals surface area contributed by atoms with Crippen LogP contribution in [0.4, 0.5) is 9.59 Å². The molecule has 14 nitrogen and oxygen atoms in total. The van der Waals surface area contributed by atoms with Crippen LogP contribution in [0.2, 0.25) is 0 Å². The summed E-state index contributed by atoms with van der Waals surface area (Å²) in [5, 5.41) is 4.40. The van der Waals surface area contributed by atoms with Gasteiger partial charge < -0.3 is 43.4 Å². The molecule has 50 heavy (non-hydrogen) atoms. The second-order valence-electron chi connectivity index (χ2n) is 15.5. The first-order chi connectivity index (χ1) is 23.6. The van der Waals surface area contributed by atoms with E-state index in [0.29, 0.717) is 49.0 Å². The van der Waals surface area contributed by atoms with E-state index in [0.717, 1.165) is 25.7 Å². The summed E-state index contributed by atoms with van der Waals surface area (Å²) in [6, 6.07) is 5.52. The molecule has 1 saturated carbocycles. The number of rotatable bonds is 7. The monoisotopic (exact) mass is 699 g/mol. The van der Waals surface area contributed by atoms with Gasteiger partial charge in [-0.1, -0.05) is 5.16 Å². The molecule has 4 aliphatic rings. The number of nitrogens with zero attached hydrogens (tertiary/aromatic N) is 5. The molecule has 3 fully saturated rings. The highest BCUT2D eigenvalue weighted by Gasteiger charge is 2.52. The molecule has 5 rings (SSSR count). The fourth-order valence-corrected chi connectivity index (χ4v) is 6.58. The molecule has 3 aliphatic heterocycles. The van der Waals surface area contributed by atoms with Crippen molar-refractivity contribution in [2.24, 2.45) is 5.16 Å². The predicted molar refractivity (Wildman–Crippen MR) is 184 cm³/mol. The van der Waals surface area contributed by atoms with Crippen LogP contribution >= 0.6 is 0 Å². The fourth-order valence-electron chi connectivity index (χ4n) is 6.58. The third-order valence-electron chi connectivity index (χ3n) is 9.21. The van der Waals surface area contributed by atoms with Crippen molar-refractivity contribution in [3.05, 3.63) is 23.8 Å². The topological polar surface area (TPSA) is 140 Å². The van der Waals surface area contributed by atoms with Crippen molar-refractivity contribution in [3.8, 4) is 11.5 Å². The Balaban J connectivity index is 1.31. The van der Waals surface area contributed by atoms with E-state index in [1.165, 1.54) is 0 Å². The van der Waals surface area contributed by atoms with Crippen molar-refractivity contribution >= 4 is 29.7 Å². The fraction of sp³-hybridized carbons (Fsp3) is 0.694. The zero-order valence-corrected chi connectivity index (χ0v) is 30.6. The number of amides is 4. The van der Waals surface area contributed by atoms with Gasteiger partial charge in [-0.2, -0.15) is 0 Å². The van der Waals surface area contributed by atoms with E-state index >= 15 is 0 Å². The van der Waals surface area contributed by atoms with E-state index in [1.807, 2.05) is 59.7 Å². The average molecular weight is 700 g/mol. The number of carbonyl (C=O) groups is 4. The Hall–Kier alpha value is -4.23. The summed E-state index contributed by atoms with van der Waals surface area (Å²) in [5.41, 5.74) is -1.62. The maximum absolute atomic E-state index is 14.4. The molecular weight excluding hydrogens is 646 g/mol. The normalized spacial score (nSPS) is 21.8. The molecule has 1 unspecified atom stereocenters. The molecule has 0 spiro atoms. The van der Waals surface area contributed by atoms with Crippen LogP contribution in [0.5, 0.6) is 11.5 Å². The van der Waals surface area contributed by atoms with Gasteiger partial charge in [0.15, 0.2) is 11.5 Å². The number of methoxy groups -OCH3 is 1. The second-order valence-corrected chi connectivity index (χ2v) is 15.5. The van der Waals surface area contributed by atoms with Gasteiger partial charge in [0.2, 0.25) is 11.5 Å². The Labute approximate surface area is 294 Å². The van der Waals surface area contributed by atoms with Gasteiger partial charge in [0.05, 0.1) is 25.3 Å². The van der Waals surface area contributed by atoms with Gasteiger partial charge in [-0.05, 0) is 85.4 Å². The minimum absolute atomic E-state index is 0.0664. The highest BCUT2D eigenvalue weighted by atomic mass is 16.7. The van der Waals surface area contributed by atoms with Crippen LogP contribution in [0.3, 0.4) is 0 Å². The lowest BCUT2D eigenvalue weighted by Gasteiger charge is -2.40. The first-order valence-corrected chi connectivity index (χ1v) is 17.7. The maximum Gasteiger partial charge on any atom is 0.410 e. The molecule has 14 heteroatoms.